The molecule has 14 nitrogen and oxygen atoms in total. The molecule has 2 saturated heterocycles. The molecule has 0 aliphatic carbocycles. The summed E-state index contributed by atoms with van der Waals surface area (Å²) in [6.07, 6.45) is 5.00. The lowest BCUT2D eigenvalue weighted by atomic mass is 9.70. The van der Waals surface area contributed by atoms with E-state index in [0.717, 1.165) is 37.7 Å². The summed E-state index contributed by atoms with van der Waals surface area (Å²) >= 11 is 0. The molecule has 416 valence electrons. The number of Topliss-reactive ketones (excluding diaryl/α,β-unsaturated/α-hetero) is 2. The predicted molar refractivity (Wildman–Crippen MR) is 287 cm³/mol. The molecule has 2 aromatic rings. The number of methoxy groups -OCH3 is 2. The molecule has 2 aromatic carbocycles. The van der Waals surface area contributed by atoms with Crippen LogP contribution in [0.3, 0.4) is 0 Å². The number of piperidine rings is 2. The SMILES string of the molecule is CCCCOC(=O)C(CC(C)c1ccccc1)C(C(=O)OC)C(ON1C(C)(CC)CC(=O)C(C)C1(C)CC)C(=O)OC.CCCCOC(=O)C(CC(C)c1ccccc1)ON1C(C)(CC)CC(=O)C(C)C1(C)CC. The largest absolute Gasteiger partial charge is 0.469 e. The van der Waals surface area contributed by atoms with Gasteiger partial charge in [-0.1, -0.05) is 143 Å². The minimum Gasteiger partial charge on any atom is -0.469 e. The lowest BCUT2D eigenvalue weighted by Crippen LogP contribution is -2.68. The fraction of sp³-hybridized carbons (Fsp3) is 0.700. The number of carbonyl (C=O) groups is 6. The van der Waals surface area contributed by atoms with Crippen LogP contribution in [0.1, 0.15) is 197 Å². The lowest BCUT2D eigenvalue weighted by molar-refractivity contribution is -0.321. The number of ether oxygens (including phenoxy) is 4. The highest BCUT2D eigenvalue weighted by atomic mass is 16.7. The van der Waals surface area contributed by atoms with Gasteiger partial charge in [0, 0.05) is 24.7 Å². The number of carbonyl (C=O) groups excluding carboxylic acids is 6. The molecular formula is C60H94N2O12. The molecule has 2 fully saturated rings. The zero-order valence-corrected chi connectivity index (χ0v) is 48.1. The average Bonchev–Trinajstić information content (AvgIpc) is 3.40. The molecule has 0 radical (unpaired) electrons. The van der Waals surface area contributed by atoms with Crippen LogP contribution in [0.15, 0.2) is 60.7 Å². The van der Waals surface area contributed by atoms with Gasteiger partial charge in [-0.15, -0.1) is 0 Å². The van der Waals surface area contributed by atoms with Gasteiger partial charge >= 0.3 is 23.9 Å². The summed E-state index contributed by atoms with van der Waals surface area (Å²) in [4.78, 5) is 93.2. The summed E-state index contributed by atoms with van der Waals surface area (Å²) in [6, 6.07) is 19.8. The maximum Gasteiger partial charge on any atom is 0.338 e. The van der Waals surface area contributed by atoms with E-state index < -0.39 is 70.0 Å². The molecule has 74 heavy (non-hydrogen) atoms. The van der Waals surface area contributed by atoms with Crippen molar-refractivity contribution in [3.63, 3.8) is 0 Å². The molecule has 14 heteroatoms. The topological polar surface area (TPSA) is 164 Å². The fourth-order valence-corrected chi connectivity index (χ4v) is 10.6. The maximum absolute atomic E-state index is 13.7. The first-order valence-electron chi connectivity index (χ1n) is 27.6. The van der Waals surface area contributed by atoms with Crippen LogP contribution in [-0.2, 0) is 57.4 Å². The quantitative estimate of drug-likeness (QED) is 0.0496. The number of ketones is 2. The Hall–Kier alpha value is -4.50. The van der Waals surface area contributed by atoms with Crippen LogP contribution >= 0.6 is 0 Å². The van der Waals surface area contributed by atoms with E-state index in [1.807, 2.05) is 109 Å². The van der Waals surface area contributed by atoms with Crippen molar-refractivity contribution in [3.05, 3.63) is 71.8 Å². The Morgan fingerprint density at radius 3 is 1.36 bits per heavy atom. The molecule has 12 unspecified atom stereocenters. The van der Waals surface area contributed by atoms with Gasteiger partial charge in [-0.2, -0.15) is 10.1 Å². The third-order valence-corrected chi connectivity index (χ3v) is 16.9. The molecule has 0 N–H and O–H groups in total. The van der Waals surface area contributed by atoms with Crippen molar-refractivity contribution < 1.29 is 57.4 Å². The first-order valence-corrected chi connectivity index (χ1v) is 27.6. The van der Waals surface area contributed by atoms with Crippen molar-refractivity contribution in [1.82, 2.24) is 10.1 Å². The van der Waals surface area contributed by atoms with Gasteiger partial charge in [0.25, 0.3) is 0 Å². The number of hydroxylamine groups is 4. The van der Waals surface area contributed by atoms with E-state index in [2.05, 4.69) is 53.7 Å². The maximum atomic E-state index is 13.7. The van der Waals surface area contributed by atoms with Crippen molar-refractivity contribution in [2.75, 3.05) is 27.4 Å². The van der Waals surface area contributed by atoms with Gasteiger partial charge in [0.2, 0.25) is 0 Å². The van der Waals surface area contributed by atoms with Crippen LogP contribution in [0.5, 0.6) is 0 Å². The van der Waals surface area contributed by atoms with E-state index >= 15 is 0 Å². The van der Waals surface area contributed by atoms with E-state index in [9.17, 15) is 28.8 Å². The Bertz CT molecular complexity index is 2100. The number of rotatable bonds is 26. The van der Waals surface area contributed by atoms with E-state index in [1.165, 1.54) is 19.8 Å². The molecule has 0 saturated carbocycles. The summed E-state index contributed by atoms with van der Waals surface area (Å²) in [5.74, 6) is -5.17. The zero-order chi connectivity index (χ0) is 55.6. The number of nitrogens with zero attached hydrogens (tertiary/aromatic N) is 2. The minimum absolute atomic E-state index is 0.108. The number of benzene rings is 2. The number of hydrogen-bond donors (Lipinski definition) is 0. The molecule has 0 aromatic heterocycles. The average molecular weight is 1040 g/mol. The first kappa shape index (κ1) is 63.8. The summed E-state index contributed by atoms with van der Waals surface area (Å²) in [6.45, 7) is 28.7. The van der Waals surface area contributed by atoms with Crippen molar-refractivity contribution in [2.45, 2.75) is 220 Å². The second kappa shape index (κ2) is 29.1. The van der Waals surface area contributed by atoms with Crippen LogP contribution < -0.4 is 0 Å². The molecule has 0 amide bonds. The van der Waals surface area contributed by atoms with Gasteiger partial charge in [0.15, 0.2) is 12.2 Å². The Kier molecular flexibility index (Phi) is 25.1. The van der Waals surface area contributed by atoms with Crippen molar-refractivity contribution >= 4 is 35.4 Å². The normalized spacial score (nSPS) is 26.8. The molecule has 4 rings (SSSR count). The zero-order valence-electron chi connectivity index (χ0n) is 48.1. The second-order valence-corrected chi connectivity index (χ2v) is 21.9. The molecular weight excluding hydrogens is 941 g/mol. The Balaban J connectivity index is 0.000000405. The highest BCUT2D eigenvalue weighted by Crippen LogP contribution is 2.47. The monoisotopic (exact) mass is 1030 g/mol. The number of esters is 4. The van der Waals surface area contributed by atoms with Crippen molar-refractivity contribution in [3.8, 4) is 0 Å². The summed E-state index contributed by atoms with van der Waals surface area (Å²) in [5, 5.41) is 3.72. The summed E-state index contributed by atoms with van der Waals surface area (Å²) < 4.78 is 21.7. The lowest BCUT2D eigenvalue weighted by Gasteiger charge is -2.56. The van der Waals surface area contributed by atoms with E-state index in [1.54, 1.807) is 5.06 Å². The van der Waals surface area contributed by atoms with Gasteiger partial charge < -0.3 is 18.9 Å². The van der Waals surface area contributed by atoms with Gasteiger partial charge in [0.1, 0.15) is 17.5 Å². The standard InChI is InChI=1S/C33H51NO8.C27H43NO4/c1-10-13-19-41-29(36)25(20-22(4)24-17-15-14-16-18-24)27(30(37)39-8)28(31(38)40-9)42-34-32(6,11-2)21-26(35)23(5)33(34,7)12-3;1-8-11-17-31-25(30)24(18-20(4)22-15-13-12-14-16-22)32-28-26(6,9-2)19-23(29)21(5)27(28,7)10-3/h14-18,22-23,25,27-28H,10-13,19-21H2,1-9H3;12-16,20-21,24H,8-11,17-19H2,1-7H3. The Morgan fingerprint density at radius 1 is 0.568 bits per heavy atom. The minimum atomic E-state index is -1.52. The molecule has 0 bridgehead atoms. The molecule has 2 aliphatic rings. The third-order valence-electron chi connectivity index (χ3n) is 16.9. The number of hydrogen-bond acceptors (Lipinski definition) is 14. The van der Waals surface area contributed by atoms with Crippen molar-refractivity contribution in [1.29, 1.82) is 0 Å². The Labute approximate surface area is 444 Å². The fourth-order valence-electron chi connectivity index (χ4n) is 10.6. The van der Waals surface area contributed by atoms with Crippen LogP contribution in [0, 0.1) is 23.7 Å². The number of unbranched alkanes of at least 4 members (excludes halogenated alkanes) is 2. The molecule has 2 heterocycles. The van der Waals surface area contributed by atoms with Crippen LogP contribution in [0.4, 0.5) is 0 Å². The van der Waals surface area contributed by atoms with E-state index in [4.69, 9.17) is 28.6 Å². The van der Waals surface area contributed by atoms with E-state index in [-0.39, 0.29) is 54.7 Å². The van der Waals surface area contributed by atoms with Crippen LogP contribution in [-0.4, -0.2) is 107 Å². The molecule has 0 spiro atoms. The predicted octanol–water partition coefficient (Wildman–Crippen LogP) is 11.7. The Morgan fingerprint density at radius 2 is 0.973 bits per heavy atom. The van der Waals surface area contributed by atoms with Gasteiger partial charge in [-0.05, 0) is 102 Å². The van der Waals surface area contributed by atoms with Gasteiger partial charge in [0.05, 0.1) is 55.5 Å². The van der Waals surface area contributed by atoms with Crippen molar-refractivity contribution in [2.24, 2.45) is 23.7 Å². The van der Waals surface area contributed by atoms with Crippen LogP contribution in [0.25, 0.3) is 0 Å². The van der Waals surface area contributed by atoms with Crippen LogP contribution in [0.2, 0.25) is 0 Å². The smallest absolute Gasteiger partial charge is 0.338 e. The molecule has 2 aliphatic heterocycles. The summed E-state index contributed by atoms with van der Waals surface area (Å²) in [7, 11) is 2.44. The third kappa shape index (κ3) is 15.3. The van der Waals surface area contributed by atoms with Gasteiger partial charge in [-0.25, -0.2) is 9.59 Å². The van der Waals surface area contributed by atoms with Gasteiger partial charge in [-0.3, -0.25) is 28.9 Å². The van der Waals surface area contributed by atoms with E-state index in [0.29, 0.717) is 38.7 Å². The second-order valence-electron chi connectivity index (χ2n) is 21.9. The summed E-state index contributed by atoms with van der Waals surface area (Å²) in [5.41, 5.74) is -0.369. The highest BCUT2D eigenvalue weighted by molar-refractivity contribution is 5.89. The highest BCUT2D eigenvalue weighted by Gasteiger charge is 2.58. The molecule has 12 atom stereocenters. The first-order chi connectivity index (χ1) is 35.0.